The Labute approximate surface area is 64.9 Å². The van der Waals surface area contributed by atoms with E-state index in [1.807, 2.05) is 0 Å². The normalized spacial score (nSPS) is 24.7. The van der Waals surface area contributed by atoms with Crippen LogP contribution < -0.4 is 0 Å². The van der Waals surface area contributed by atoms with Crippen molar-refractivity contribution in [1.29, 1.82) is 0 Å². The van der Waals surface area contributed by atoms with Gasteiger partial charge in [-0.3, -0.25) is 0 Å². The van der Waals surface area contributed by atoms with Gasteiger partial charge in [0.05, 0.1) is 0 Å². The molecule has 0 aromatic heterocycles. The van der Waals surface area contributed by atoms with Crippen LogP contribution in [0.5, 0.6) is 0 Å². The van der Waals surface area contributed by atoms with Gasteiger partial charge in [-0.15, -0.1) is 0 Å². The minimum Gasteiger partial charge on any atom is -0.396 e. The molecule has 0 aliphatic heterocycles. The van der Waals surface area contributed by atoms with Crippen LogP contribution >= 0.6 is 0 Å². The molecule has 56 valence electrons. The van der Waals surface area contributed by atoms with Crippen LogP contribution in [0.4, 0.5) is 0 Å². The van der Waals surface area contributed by atoms with E-state index in [0.29, 0.717) is 0 Å². The molecule has 0 heterocycles. The van der Waals surface area contributed by atoms with Gasteiger partial charge in [0.25, 0.3) is 0 Å². The number of hydrogen-bond acceptors (Lipinski definition) is 2. The second kappa shape index (κ2) is 3.85. The molecule has 0 fully saturated rings. The monoisotopic (exact) mass is 138 g/mol. The second-order valence-corrected chi connectivity index (χ2v) is 2.07. The standard InChI is InChI=1S/C7H16O2/c1-7(2,6-9)4-3-5-8/h8-9H,3-6H2,1-2H3/i1D3,2D3. The van der Waals surface area contributed by atoms with Crippen molar-refractivity contribution in [2.75, 3.05) is 13.2 Å². The van der Waals surface area contributed by atoms with Gasteiger partial charge in [0, 0.05) is 21.4 Å². The van der Waals surface area contributed by atoms with Gasteiger partial charge in [-0.1, -0.05) is 13.7 Å². The van der Waals surface area contributed by atoms with Crippen molar-refractivity contribution in [2.45, 2.75) is 26.5 Å². The van der Waals surface area contributed by atoms with E-state index in [4.69, 9.17) is 18.4 Å². The van der Waals surface area contributed by atoms with E-state index in [2.05, 4.69) is 0 Å². The summed E-state index contributed by atoms with van der Waals surface area (Å²) in [6, 6.07) is 0. The lowest BCUT2D eigenvalue weighted by Gasteiger charge is -2.20. The maximum atomic E-state index is 9.07. The van der Waals surface area contributed by atoms with Crippen molar-refractivity contribution in [2.24, 2.45) is 5.41 Å². The van der Waals surface area contributed by atoms with Crippen LogP contribution in [0.3, 0.4) is 0 Å². The maximum absolute atomic E-state index is 9.07. The zero-order chi connectivity index (χ0) is 12.3. The van der Waals surface area contributed by atoms with E-state index >= 15 is 0 Å². The fourth-order valence-electron chi connectivity index (χ4n) is 0.460. The Morgan fingerprint density at radius 2 is 2.11 bits per heavy atom. The minimum absolute atomic E-state index is 0.0390. The van der Waals surface area contributed by atoms with Crippen LogP contribution in [0.2, 0.25) is 0 Å². The molecule has 2 nitrogen and oxygen atoms in total. The van der Waals surface area contributed by atoms with Gasteiger partial charge in [0.2, 0.25) is 0 Å². The summed E-state index contributed by atoms with van der Waals surface area (Å²) in [5, 5.41) is 17.7. The van der Waals surface area contributed by atoms with Crippen LogP contribution in [0.1, 0.15) is 34.8 Å². The van der Waals surface area contributed by atoms with Gasteiger partial charge in [-0.2, -0.15) is 0 Å². The summed E-state index contributed by atoms with van der Waals surface area (Å²) >= 11 is 0. The van der Waals surface area contributed by atoms with E-state index in [9.17, 15) is 0 Å². The Morgan fingerprint density at radius 3 is 2.44 bits per heavy atom. The summed E-state index contributed by atoms with van der Waals surface area (Å²) in [4.78, 5) is 0. The molecular weight excluding hydrogens is 116 g/mol. The van der Waals surface area contributed by atoms with E-state index in [0.717, 1.165) is 0 Å². The van der Waals surface area contributed by atoms with Crippen molar-refractivity contribution < 1.29 is 18.4 Å². The van der Waals surface area contributed by atoms with Gasteiger partial charge in [-0.05, 0) is 18.3 Å². The van der Waals surface area contributed by atoms with E-state index in [1.54, 1.807) is 0 Å². The van der Waals surface area contributed by atoms with Gasteiger partial charge in [0.1, 0.15) is 0 Å². The first-order valence-electron chi connectivity index (χ1n) is 5.84. The molecule has 0 radical (unpaired) electrons. The van der Waals surface area contributed by atoms with Crippen LogP contribution in [0.25, 0.3) is 0 Å². The van der Waals surface area contributed by atoms with E-state index in [-0.39, 0.29) is 19.4 Å². The third kappa shape index (κ3) is 4.43. The Hall–Kier alpha value is -0.0800. The lowest BCUT2D eigenvalue weighted by Crippen LogP contribution is -2.16. The predicted molar refractivity (Wildman–Crippen MR) is 37.2 cm³/mol. The van der Waals surface area contributed by atoms with Gasteiger partial charge >= 0.3 is 0 Å². The summed E-state index contributed by atoms with van der Waals surface area (Å²) in [5.74, 6) is 0. The maximum Gasteiger partial charge on any atom is 0.0482 e. The van der Waals surface area contributed by atoms with E-state index < -0.39 is 25.7 Å². The SMILES string of the molecule is [2H]C([2H])([2H])C(CO)(CCCO)C([2H])([2H])[2H]. The highest BCUT2D eigenvalue weighted by molar-refractivity contribution is 4.65. The average Bonchev–Trinajstić information content (AvgIpc) is 2.01. The zero-order valence-electron chi connectivity index (χ0n) is 11.2. The van der Waals surface area contributed by atoms with E-state index in [1.165, 1.54) is 0 Å². The predicted octanol–water partition coefficient (Wildman–Crippen LogP) is 0.777. The van der Waals surface area contributed by atoms with Crippen LogP contribution in [-0.2, 0) is 0 Å². The fraction of sp³-hybridized carbons (Fsp3) is 1.00. The first-order chi connectivity index (χ1) is 6.62. The van der Waals surface area contributed by atoms with Crippen molar-refractivity contribution in [1.82, 2.24) is 0 Å². The molecule has 2 N–H and O–H groups in total. The number of hydrogen-bond donors (Lipinski definition) is 2. The number of aliphatic hydroxyl groups is 2. The third-order valence-electron chi connectivity index (χ3n) is 1.03. The molecule has 0 amide bonds. The molecule has 0 saturated carbocycles. The van der Waals surface area contributed by atoms with Gasteiger partial charge < -0.3 is 10.2 Å². The molecular formula is C7H16O2. The molecule has 0 aromatic rings. The number of rotatable bonds is 4. The van der Waals surface area contributed by atoms with Gasteiger partial charge in [-0.25, -0.2) is 0 Å². The number of aliphatic hydroxyl groups excluding tert-OH is 2. The molecule has 0 saturated heterocycles. The Kier molecular flexibility index (Phi) is 1.24. The quantitative estimate of drug-likeness (QED) is 0.602. The second-order valence-electron chi connectivity index (χ2n) is 2.07. The summed E-state index contributed by atoms with van der Waals surface area (Å²) in [7, 11) is 0. The molecule has 0 spiro atoms. The van der Waals surface area contributed by atoms with Crippen LogP contribution in [0.15, 0.2) is 0 Å². The highest BCUT2D eigenvalue weighted by Crippen LogP contribution is 2.20. The van der Waals surface area contributed by atoms with Crippen LogP contribution in [0, 0.1) is 5.41 Å². The largest absolute Gasteiger partial charge is 0.396 e. The van der Waals surface area contributed by atoms with Crippen molar-refractivity contribution in [3.8, 4) is 0 Å². The fourth-order valence-corrected chi connectivity index (χ4v) is 0.460. The topological polar surface area (TPSA) is 40.5 Å². The lowest BCUT2D eigenvalue weighted by molar-refractivity contribution is 0.138. The summed E-state index contributed by atoms with van der Waals surface area (Å²) in [5.41, 5.74) is -2.14. The minimum atomic E-state index is -2.78. The Bertz CT molecular complexity index is 183. The Morgan fingerprint density at radius 1 is 1.44 bits per heavy atom. The first kappa shape index (κ1) is 2.89. The molecule has 0 aliphatic carbocycles. The summed E-state index contributed by atoms with van der Waals surface area (Å²) in [6.45, 7) is -6.79. The highest BCUT2D eigenvalue weighted by atomic mass is 16.3. The first-order valence-corrected chi connectivity index (χ1v) is 2.84. The molecule has 0 rings (SSSR count). The molecule has 0 aromatic carbocycles. The molecule has 2 heteroatoms. The summed E-state index contributed by atoms with van der Waals surface area (Å²) < 4.78 is 43.2. The van der Waals surface area contributed by atoms with Gasteiger partial charge in [0.15, 0.2) is 0 Å². The lowest BCUT2D eigenvalue weighted by atomic mass is 9.89. The molecule has 0 unspecified atom stereocenters. The molecule has 0 aliphatic rings. The van der Waals surface area contributed by atoms with Crippen molar-refractivity contribution >= 4 is 0 Å². The smallest absolute Gasteiger partial charge is 0.0482 e. The van der Waals surface area contributed by atoms with Crippen LogP contribution in [-0.4, -0.2) is 23.4 Å². The zero-order valence-corrected chi connectivity index (χ0v) is 5.22. The molecule has 9 heavy (non-hydrogen) atoms. The van der Waals surface area contributed by atoms with Crippen molar-refractivity contribution in [3.05, 3.63) is 0 Å². The third-order valence-corrected chi connectivity index (χ3v) is 1.03. The molecule has 0 atom stereocenters. The van der Waals surface area contributed by atoms with Crippen molar-refractivity contribution in [3.63, 3.8) is 0 Å². The highest BCUT2D eigenvalue weighted by Gasteiger charge is 2.14. The Balaban J connectivity index is 5.13. The molecule has 0 bridgehead atoms. The summed E-state index contributed by atoms with van der Waals surface area (Å²) in [6.07, 6.45) is -0.218. The average molecular weight is 138 g/mol.